The van der Waals surface area contributed by atoms with E-state index in [1.54, 1.807) is 49.2 Å². The average Bonchev–Trinajstić information content (AvgIpc) is 3.57. The maximum atomic E-state index is 14.4. The van der Waals surface area contributed by atoms with Gasteiger partial charge < -0.3 is 0 Å². The van der Waals surface area contributed by atoms with E-state index in [9.17, 15) is 17.6 Å². The predicted octanol–water partition coefficient (Wildman–Crippen LogP) is 4.92. The fraction of sp³-hybridized carbons (Fsp3) is 0.333. The molecule has 4 aromatic rings. The number of halogens is 1. The van der Waals surface area contributed by atoms with Crippen LogP contribution in [0.5, 0.6) is 0 Å². The summed E-state index contributed by atoms with van der Waals surface area (Å²) in [5.74, 6) is -0.671. The zero-order chi connectivity index (χ0) is 28.2. The van der Waals surface area contributed by atoms with Gasteiger partial charge in [0.1, 0.15) is 16.4 Å². The molecular weight excluding hydrogens is 529 g/mol. The Hall–Kier alpha value is -3.92. The minimum Gasteiger partial charge on any atom is -0.291 e. The SMILES string of the molecule is Cc1ccnc(C(=O)[C@]23Cc4cnn(-c5ccc(F)cc5)c4C=C2CC[C@H]([C@@H](C)S(=O)(=O)c2cnn(C)c2)C3)c1. The summed E-state index contributed by atoms with van der Waals surface area (Å²) >= 11 is 0. The van der Waals surface area contributed by atoms with Gasteiger partial charge in [-0.15, -0.1) is 0 Å². The molecule has 40 heavy (non-hydrogen) atoms. The molecule has 3 heterocycles. The fourth-order valence-electron chi connectivity index (χ4n) is 6.26. The van der Waals surface area contributed by atoms with Crippen molar-refractivity contribution in [1.82, 2.24) is 24.5 Å². The van der Waals surface area contributed by atoms with E-state index in [2.05, 4.69) is 15.2 Å². The summed E-state index contributed by atoms with van der Waals surface area (Å²) in [6.07, 6.45) is 10.3. The number of aromatic nitrogens is 5. The molecule has 0 spiro atoms. The quantitative estimate of drug-likeness (QED) is 0.311. The maximum Gasteiger partial charge on any atom is 0.191 e. The van der Waals surface area contributed by atoms with Crippen LogP contribution in [0.4, 0.5) is 4.39 Å². The highest BCUT2D eigenvalue weighted by Gasteiger charge is 2.51. The van der Waals surface area contributed by atoms with Crippen LogP contribution in [-0.2, 0) is 23.3 Å². The first-order valence-corrected chi connectivity index (χ1v) is 14.9. The lowest BCUT2D eigenvalue weighted by atomic mass is 9.58. The third-order valence-electron chi connectivity index (χ3n) is 8.52. The molecule has 0 aliphatic heterocycles. The van der Waals surface area contributed by atoms with Crippen molar-refractivity contribution in [2.45, 2.75) is 49.7 Å². The maximum absolute atomic E-state index is 14.4. The third kappa shape index (κ3) is 4.30. The molecule has 1 saturated carbocycles. The Morgan fingerprint density at radius 3 is 2.62 bits per heavy atom. The molecule has 8 nitrogen and oxygen atoms in total. The van der Waals surface area contributed by atoms with Gasteiger partial charge in [-0.3, -0.25) is 14.5 Å². The topological polar surface area (TPSA) is 99.7 Å². The highest BCUT2D eigenvalue weighted by atomic mass is 32.2. The van der Waals surface area contributed by atoms with Crippen LogP contribution in [0.2, 0.25) is 0 Å². The molecule has 1 fully saturated rings. The highest BCUT2D eigenvalue weighted by Crippen LogP contribution is 2.53. The van der Waals surface area contributed by atoms with E-state index in [4.69, 9.17) is 0 Å². The van der Waals surface area contributed by atoms with Gasteiger partial charge in [-0.25, -0.2) is 17.5 Å². The number of carbonyl (C=O) groups excluding carboxylic acids is 1. The summed E-state index contributed by atoms with van der Waals surface area (Å²) in [6.45, 7) is 3.66. The Kier molecular flexibility index (Phi) is 6.33. The van der Waals surface area contributed by atoms with Crippen LogP contribution in [0.1, 0.15) is 53.5 Å². The van der Waals surface area contributed by atoms with Gasteiger partial charge >= 0.3 is 0 Å². The Morgan fingerprint density at radius 2 is 1.93 bits per heavy atom. The van der Waals surface area contributed by atoms with Crippen molar-refractivity contribution in [3.8, 4) is 5.69 Å². The molecule has 1 aromatic carbocycles. The molecule has 0 radical (unpaired) electrons. The van der Waals surface area contributed by atoms with Crippen LogP contribution in [-0.4, -0.2) is 44.0 Å². The van der Waals surface area contributed by atoms with Crippen molar-refractivity contribution < 1.29 is 17.6 Å². The molecule has 3 atom stereocenters. The largest absolute Gasteiger partial charge is 0.291 e. The van der Waals surface area contributed by atoms with Crippen LogP contribution in [0, 0.1) is 24.1 Å². The van der Waals surface area contributed by atoms with E-state index < -0.39 is 20.5 Å². The number of Topliss-reactive ketones (excluding diaryl/α,β-unsaturated/α-hetero) is 1. The molecule has 6 rings (SSSR count). The van der Waals surface area contributed by atoms with Gasteiger partial charge in [0.2, 0.25) is 0 Å². The van der Waals surface area contributed by atoms with Crippen molar-refractivity contribution in [3.63, 3.8) is 0 Å². The zero-order valence-electron chi connectivity index (χ0n) is 22.6. The van der Waals surface area contributed by atoms with E-state index in [-0.39, 0.29) is 22.4 Å². The van der Waals surface area contributed by atoms with Crippen LogP contribution in [0.3, 0.4) is 0 Å². The smallest absolute Gasteiger partial charge is 0.191 e. The molecule has 2 aliphatic carbocycles. The first-order chi connectivity index (χ1) is 19.1. The number of sulfone groups is 1. The second-order valence-electron chi connectivity index (χ2n) is 11.0. The van der Waals surface area contributed by atoms with Crippen molar-refractivity contribution in [2.75, 3.05) is 0 Å². The molecule has 0 bridgehead atoms. The van der Waals surface area contributed by atoms with Gasteiger partial charge in [-0.05, 0) is 99.0 Å². The molecule has 0 N–H and O–H groups in total. The van der Waals surface area contributed by atoms with Crippen molar-refractivity contribution in [2.24, 2.45) is 18.4 Å². The Morgan fingerprint density at radius 1 is 1.15 bits per heavy atom. The van der Waals surface area contributed by atoms with Crippen LogP contribution in [0.25, 0.3) is 11.8 Å². The van der Waals surface area contributed by atoms with Crippen molar-refractivity contribution in [1.29, 1.82) is 0 Å². The van der Waals surface area contributed by atoms with Crippen molar-refractivity contribution in [3.05, 3.63) is 95.1 Å². The summed E-state index contributed by atoms with van der Waals surface area (Å²) < 4.78 is 44.0. The third-order valence-corrected chi connectivity index (χ3v) is 10.7. The molecular formula is C30H30FN5O3S. The molecule has 0 amide bonds. The summed E-state index contributed by atoms with van der Waals surface area (Å²) in [6, 6.07) is 9.78. The number of benzene rings is 1. The number of rotatable bonds is 6. The standard InChI is InChI=1S/C30H30FN5O3S/c1-19-10-11-32-27(12-19)29(37)30-14-21(20(2)40(38,39)26-17-33-35(3)18-26)4-5-23(30)13-28-22(15-30)16-34-36(28)25-8-6-24(31)7-9-25/h6-13,16-18,20-21H,4-5,14-15H2,1-3H3/t20-,21+,30-/m1/s1. The molecule has 2 aliphatic rings. The van der Waals surface area contributed by atoms with Gasteiger partial charge in [0, 0.05) is 19.4 Å². The minimum atomic E-state index is -3.65. The number of allylic oxidation sites excluding steroid dienone is 1. The van der Waals surface area contributed by atoms with Gasteiger partial charge in [0.05, 0.1) is 34.4 Å². The summed E-state index contributed by atoms with van der Waals surface area (Å²) in [7, 11) is -1.96. The van der Waals surface area contributed by atoms with Gasteiger partial charge in [0.25, 0.3) is 0 Å². The van der Waals surface area contributed by atoms with E-state index in [0.717, 1.165) is 28.1 Å². The van der Waals surface area contributed by atoms with Crippen LogP contribution >= 0.6 is 0 Å². The second kappa shape index (κ2) is 9.62. The molecule has 206 valence electrons. The number of hydrogen-bond acceptors (Lipinski definition) is 6. The first-order valence-electron chi connectivity index (χ1n) is 13.3. The highest BCUT2D eigenvalue weighted by molar-refractivity contribution is 7.92. The monoisotopic (exact) mass is 559 g/mol. The number of carbonyl (C=O) groups is 1. The Balaban J connectivity index is 1.43. The van der Waals surface area contributed by atoms with E-state index in [1.807, 2.05) is 19.1 Å². The lowest BCUT2D eigenvalue weighted by Crippen LogP contribution is -2.45. The van der Waals surface area contributed by atoms with E-state index in [0.29, 0.717) is 31.4 Å². The average molecular weight is 560 g/mol. The molecule has 10 heteroatoms. The van der Waals surface area contributed by atoms with Gasteiger partial charge in [-0.2, -0.15) is 10.2 Å². The Bertz CT molecular complexity index is 1760. The lowest BCUT2D eigenvalue weighted by molar-refractivity contribution is 0.0753. The number of aryl methyl sites for hydroxylation is 2. The molecule has 0 saturated heterocycles. The van der Waals surface area contributed by atoms with Gasteiger partial charge in [-0.1, -0.05) is 5.57 Å². The van der Waals surface area contributed by atoms with Crippen LogP contribution < -0.4 is 0 Å². The van der Waals surface area contributed by atoms with E-state index in [1.165, 1.54) is 29.2 Å². The summed E-state index contributed by atoms with van der Waals surface area (Å²) in [4.78, 5) is 19.0. The predicted molar refractivity (Wildman–Crippen MR) is 148 cm³/mol. The minimum absolute atomic E-state index is 0.0988. The molecule has 3 aromatic heterocycles. The van der Waals surface area contributed by atoms with E-state index >= 15 is 0 Å². The second-order valence-corrected chi connectivity index (χ2v) is 13.3. The number of fused-ring (bicyclic) bond motifs is 2. The summed E-state index contributed by atoms with van der Waals surface area (Å²) in [5, 5.41) is 7.95. The van der Waals surface area contributed by atoms with Crippen LogP contribution in [0.15, 0.2) is 71.7 Å². The number of nitrogens with zero attached hydrogens (tertiary/aromatic N) is 5. The number of hydrogen-bond donors (Lipinski definition) is 0. The molecule has 0 unspecified atom stereocenters. The van der Waals surface area contributed by atoms with Gasteiger partial charge in [0.15, 0.2) is 15.6 Å². The normalized spacial score (nSPS) is 21.3. The lowest BCUT2D eigenvalue weighted by Gasteiger charge is -2.45. The van der Waals surface area contributed by atoms with Crippen molar-refractivity contribution >= 4 is 21.7 Å². The number of ketones is 1. The zero-order valence-corrected chi connectivity index (χ0v) is 23.4. The Labute approximate surface area is 232 Å². The summed E-state index contributed by atoms with van der Waals surface area (Å²) in [5.41, 5.74) is 3.80. The number of pyridine rings is 1. The fourth-order valence-corrected chi connectivity index (χ4v) is 7.92. The first kappa shape index (κ1) is 26.3.